The van der Waals surface area contributed by atoms with Crippen LogP contribution in [0.5, 0.6) is 0 Å². The maximum absolute atomic E-state index is 14.1. The first-order chi connectivity index (χ1) is 34.9. The predicted molar refractivity (Wildman–Crippen MR) is 252 cm³/mol. The molecule has 0 aromatic carbocycles. The second-order valence-corrected chi connectivity index (χ2v) is 22.9. The average Bonchev–Trinajstić information content (AvgIpc) is 3.65. The SMILES string of the molecule is CC1O[C@@H](OC2C(O)[C@H](O[C@@H]3OC(CO)[C@@H](O)C(O)C3O)C(CO)O[C@H]2O[C@H]2CC[C@@]3(C)C(=CC[C@@H]4[C@@H]3CC[C@]3(C)C([C@H](C)C(=O)CC[C@@H](C)CO[C@H](OC(O)CO)C(O)[C@@H](C)O)C(=O)C[C@@H]43)C2)C(O)C(O)[C@H]1O. The van der Waals surface area contributed by atoms with Gasteiger partial charge >= 0.3 is 0 Å². The summed E-state index contributed by atoms with van der Waals surface area (Å²) >= 11 is 0. The number of aliphatic hydroxyl groups is 13. The van der Waals surface area contributed by atoms with Crippen molar-refractivity contribution in [3.63, 3.8) is 0 Å². The Bertz CT molecular complexity index is 1890. The number of ether oxygens (including phenoxy) is 8. The molecule has 3 heterocycles. The molecule has 0 bridgehead atoms. The highest BCUT2D eigenvalue weighted by molar-refractivity contribution is 5.92. The first kappa shape index (κ1) is 59.9. The molecule has 3 saturated heterocycles. The minimum Gasteiger partial charge on any atom is -0.394 e. The zero-order valence-corrected chi connectivity index (χ0v) is 43.2. The summed E-state index contributed by atoms with van der Waals surface area (Å²) in [6, 6.07) is 0. The fourth-order valence-electron chi connectivity index (χ4n) is 13.5. The number of fused-ring (bicyclic) bond motifs is 5. The Morgan fingerprint density at radius 3 is 2.03 bits per heavy atom. The van der Waals surface area contributed by atoms with E-state index in [1.54, 1.807) is 0 Å². The molecule has 6 fully saturated rings. The van der Waals surface area contributed by atoms with Crippen LogP contribution in [0, 0.1) is 46.3 Å². The molecule has 23 nitrogen and oxygen atoms in total. The number of aliphatic hydroxyl groups excluding tert-OH is 13. The molecule has 4 aliphatic carbocycles. The summed E-state index contributed by atoms with van der Waals surface area (Å²) in [6.45, 7) is 8.69. The van der Waals surface area contributed by atoms with Crippen LogP contribution >= 0.6 is 0 Å². The van der Waals surface area contributed by atoms with Crippen molar-refractivity contribution in [2.24, 2.45) is 46.3 Å². The van der Waals surface area contributed by atoms with Gasteiger partial charge in [0.2, 0.25) is 0 Å². The molecule has 74 heavy (non-hydrogen) atoms. The third-order valence-corrected chi connectivity index (χ3v) is 18.0. The first-order valence-corrected chi connectivity index (χ1v) is 26.5. The molecule has 7 aliphatic rings. The monoisotopic (exact) mass is 1060 g/mol. The lowest BCUT2D eigenvalue weighted by Gasteiger charge is -2.58. The van der Waals surface area contributed by atoms with Gasteiger partial charge in [-0.05, 0) is 93.3 Å². The van der Waals surface area contributed by atoms with Crippen molar-refractivity contribution in [2.75, 3.05) is 26.4 Å². The largest absolute Gasteiger partial charge is 0.394 e. The summed E-state index contributed by atoms with van der Waals surface area (Å²) in [5.41, 5.74) is 0.504. The number of carbonyl (C=O) groups is 2. The van der Waals surface area contributed by atoms with E-state index in [1.165, 1.54) is 13.8 Å². The molecule has 28 atom stereocenters. The van der Waals surface area contributed by atoms with Gasteiger partial charge in [-0.3, -0.25) is 9.59 Å². The van der Waals surface area contributed by atoms with Gasteiger partial charge in [0.1, 0.15) is 84.8 Å². The number of hydrogen-bond acceptors (Lipinski definition) is 23. The zero-order valence-electron chi connectivity index (χ0n) is 43.2. The summed E-state index contributed by atoms with van der Waals surface area (Å²) in [7, 11) is 0. The van der Waals surface area contributed by atoms with E-state index in [0.29, 0.717) is 38.5 Å². The van der Waals surface area contributed by atoms with Gasteiger partial charge in [0.05, 0.1) is 44.7 Å². The molecular weight excluding hydrogens is 981 g/mol. The number of Topliss-reactive ketones (excluding diaryl/α,β-unsaturated/α-hetero) is 2. The van der Waals surface area contributed by atoms with E-state index in [1.807, 2.05) is 13.8 Å². The van der Waals surface area contributed by atoms with E-state index in [2.05, 4.69) is 19.9 Å². The van der Waals surface area contributed by atoms with Gasteiger partial charge in [-0.15, -0.1) is 0 Å². The third kappa shape index (κ3) is 12.0. The molecular formula is C51H84O23. The Morgan fingerprint density at radius 2 is 1.38 bits per heavy atom. The highest BCUT2D eigenvalue weighted by atomic mass is 16.8. The van der Waals surface area contributed by atoms with Gasteiger partial charge in [-0.2, -0.15) is 0 Å². The number of ketones is 2. The van der Waals surface area contributed by atoms with E-state index in [9.17, 15) is 76.0 Å². The van der Waals surface area contributed by atoms with Gasteiger partial charge in [0.15, 0.2) is 31.5 Å². The standard InChI is InChI=1S/C51H84O23/c1-21(20-67-46(36(59)23(3)55)72-34(58)19-54)7-10-30(56)22(2)35-31(57)16-29-27-9-8-25-15-26(11-13-50(25,5)28(27)12-14-51(29,35)6)69-49-45(74-47-41(64)39(62)37(60)24(4)68-47)43(66)44(33(18-53)71-49)73-48-42(65)40(63)38(61)32(17-52)70-48/h8,21-24,26-29,32-49,52-55,58-66H,7,9-20H2,1-6H3/t21-,22-,23-,24?,26+,27-,28+,29+,32?,33?,34?,35?,36?,37+,38-,39?,40?,41?,42?,43?,44-,45?,46-,47+,48+,49-,50+,51+/m1/s1. The average molecular weight is 1070 g/mol. The highest BCUT2D eigenvalue weighted by Gasteiger charge is 2.63. The van der Waals surface area contributed by atoms with Crippen LogP contribution in [0.4, 0.5) is 0 Å². The molecule has 13 N–H and O–H groups in total. The van der Waals surface area contributed by atoms with Crippen molar-refractivity contribution in [3.05, 3.63) is 11.6 Å². The van der Waals surface area contributed by atoms with Crippen LogP contribution < -0.4 is 0 Å². The lowest BCUT2D eigenvalue weighted by atomic mass is 9.47. The van der Waals surface area contributed by atoms with Crippen molar-refractivity contribution in [3.8, 4) is 0 Å². The van der Waals surface area contributed by atoms with Crippen LogP contribution in [-0.2, 0) is 47.5 Å². The molecule has 0 amide bonds. The van der Waals surface area contributed by atoms with E-state index >= 15 is 0 Å². The van der Waals surface area contributed by atoms with Crippen LogP contribution in [0.1, 0.15) is 99.3 Å². The van der Waals surface area contributed by atoms with Gasteiger partial charge in [-0.25, -0.2) is 0 Å². The quantitative estimate of drug-likeness (QED) is 0.0422. The maximum atomic E-state index is 14.1. The molecule has 426 valence electrons. The van der Waals surface area contributed by atoms with E-state index in [4.69, 9.17) is 37.9 Å². The highest BCUT2D eigenvalue weighted by Crippen LogP contribution is 2.66. The zero-order chi connectivity index (χ0) is 54.3. The Hall–Kier alpha value is -1.76. The molecule has 12 unspecified atom stereocenters. The Balaban J connectivity index is 1.01. The Kier molecular flexibility index (Phi) is 20.0. The molecule has 3 saturated carbocycles. The molecule has 23 heteroatoms. The van der Waals surface area contributed by atoms with E-state index in [0.717, 1.165) is 18.4 Å². The summed E-state index contributed by atoms with van der Waals surface area (Å²) < 4.78 is 47.0. The topological polar surface area (TPSA) is 371 Å². The summed E-state index contributed by atoms with van der Waals surface area (Å²) in [5, 5.41) is 135. The lowest BCUT2D eigenvalue weighted by Crippen LogP contribution is -2.67. The summed E-state index contributed by atoms with van der Waals surface area (Å²) in [4.78, 5) is 28.0. The van der Waals surface area contributed by atoms with Crippen molar-refractivity contribution in [2.45, 2.75) is 222 Å². The smallest absolute Gasteiger partial charge is 0.189 e. The number of rotatable bonds is 21. The van der Waals surface area contributed by atoms with Gasteiger partial charge in [0, 0.05) is 24.7 Å². The van der Waals surface area contributed by atoms with Crippen molar-refractivity contribution in [1.29, 1.82) is 0 Å². The predicted octanol–water partition coefficient (Wildman–Crippen LogP) is -2.36. The lowest BCUT2D eigenvalue weighted by molar-refractivity contribution is -0.389. The molecule has 0 aromatic rings. The normalized spacial score (nSPS) is 46.0. The van der Waals surface area contributed by atoms with Crippen molar-refractivity contribution in [1.82, 2.24) is 0 Å². The Morgan fingerprint density at radius 1 is 0.743 bits per heavy atom. The van der Waals surface area contributed by atoms with Crippen LogP contribution in [0.25, 0.3) is 0 Å². The fourth-order valence-corrected chi connectivity index (χ4v) is 13.5. The molecule has 0 radical (unpaired) electrons. The fraction of sp³-hybridized carbons (Fsp3) is 0.922. The van der Waals surface area contributed by atoms with Crippen LogP contribution in [-0.4, -0.2) is 227 Å². The number of allylic oxidation sites excluding steroid dienone is 1. The summed E-state index contributed by atoms with van der Waals surface area (Å²) in [6.07, 6.45) is -23.0. The van der Waals surface area contributed by atoms with Gasteiger partial charge < -0.3 is 104 Å². The van der Waals surface area contributed by atoms with Crippen molar-refractivity contribution >= 4 is 11.6 Å². The van der Waals surface area contributed by atoms with Gasteiger partial charge in [-0.1, -0.05) is 39.3 Å². The minimum absolute atomic E-state index is 0.0273. The second kappa shape index (κ2) is 24.7. The molecule has 3 aliphatic heterocycles. The van der Waals surface area contributed by atoms with Crippen molar-refractivity contribution < 1.29 is 114 Å². The van der Waals surface area contributed by atoms with Crippen LogP contribution in [0.15, 0.2) is 11.6 Å². The van der Waals surface area contributed by atoms with Crippen LogP contribution in [0.3, 0.4) is 0 Å². The minimum atomic E-state index is -1.87. The maximum Gasteiger partial charge on any atom is 0.189 e. The van der Waals surface area contributed by atoms with E-state index in [-0.39, 0.29) is 53.7 Å². The Labute approximate surface area is 431 Å². The van der Waals surface area contributed by atoms with Gasteiger partial charge in [0.25, 0.3) is 0 Å². The number of hydrogen-bond donors (Lipinski definition) is 13. The second-order valence-electron chi connectivity index (χ2n) is 22.9. The molecule has 0 aromatic heterocycles. The third-order valence-electron chi connectivity index (χ3n) is 18.0. The summed E-state index contributed by atoms with van der Waals surface area (Å²) in [5.74, 6) is -0.618. The van der Waals surface area contributed by atoms with E-state index < -0.39 is 160 Å². The number of carbonyl (C=O) groups excluding carboxylic acids is 2. The van der Waals surface area contributed by atoms with Crippen LogP contribution in [0.2, 0.25) is 0 Å². The first-order valence-electron chi connectivity index (χ1n) is 26.5. The molecule has 7 rings (SSSR count). The molecule has 0 spiro atoms.